The SMILES string of the molecule is Clc1ccc(-c2ccncc2CBr)cc1. The van der Waals surface area contributed by atoms with E-state index >= 15 is 0 Å². The molecule has 0 atom stereocenters. The molecule has 0 fully saturated rings. The Kier molecular flexibility index (Phi) is 3.39. The first-order valence-electron chi connectivity index (χ1n) is 4.56. The Labute approximate surface area is 102 Å². The molecule has 0 amide bonds. The van der Waals surface area contributed by atoms with Gasteiger partial charge in [0.25, 0.3) is 0 Å². The van der Waals surface area contributed by atoms with Crippen molar-refractivity contribution in [2.24, 2.45) is 0 Å². The molecular weight excluding hydrogens is 273 g/mol. The van der Waals surface area contributed by atoms with Gasteiger partial charge in [-0.15, -0.1) is 0 Å². The van der Waals surface area contributed by atoms with E-state index < -0.39 is 0 Å². The average molecular weight is 283 g/mol. The van der Waals surface area contributed by atoms with Crippen molar-refractivity contribution in [2.45, 2.75) is 5.33 Å². The van der Waals surface area contributed by atoms with Crippen molar-refractivity contribution < 1.29 is 0 Å². The number of nitrogens with zero attached hydrogens (tertiary/aromatic N) is 1. The lowest BCUT2D eigenvalue weighted by molar-refractivity contribution is 1.26. The van der Waals surface area contributed by atoms with Gasteiger partial charge in [0, 0.05) is 22.7 Å². The second-order valence-electron chi connectivity index (χ2n) is 3.17. The highest BCUT2D eigenvalue weighted by atomic mass is 79.9. The molecule has 2 rings (SSSR count). The normalized spacial score (nSPS) is 10.3. The molecule has 0 saturated heterocycles. The summed E-state index contributed by atoms with van der Waals surface area (Å²) in [4.78, 5) is 4.10. The molecule has 76 valence electrons. The topological polar surface area (TPSA) is 12.9 Å². The summed E-state index contributed by atoms with van der Waals surface area (Å²) in [6, 6.07) is 9.85. The number of rotatable bonds is 2. The van der Waals surface area contributed by atoms with Gasteiger partial charge in [0.1, 0.15) is 0 Å². The van der Waals surface area contributed by atoms with E-state index in [2.05, 4.69) is 20.9 Å². The van der Waals surface area contributed by atoms with Gasteiger partial charge in [0.15, 0.2) is 0 Å². The van der Waals surface area contributed by atoms with Crippen molar-refractivity contribution in [3.05, 3.63) is 53.3 Å². The standard InChI is InChI=1S/C12H9BrClN/c13-7-10-8-15-6-5-12(10)9-1-3-11(14)4-2-9/h1-6,8H,7H2. The molecule has 2 aromatic rings. The molecule has 1 aromatic heterocycles. The molecule has 0 aliphatic carbocycles. The molecule has 1 heterocycles. The van der Waals surface area contributed by atoms with Crippen molar-refractivity contribution in [1.29, 1.82) is 0 Å². The van der Waals surface area contributed by atoms with Gasteiger partial charge in [0.05, 0.1) is 0 Å². The zero-order valence-electron chi connectivity index (χ0n) is 7.95. The minimum absolute atomic E-state index is 0.758. The van der Waals surface area contributed by atoms with Gasteiger partial charge in [0.2, 0.25) is 0 Å². The molecule has 0 unspecified atom stereocenters. The lowest BCUT2D eigenvalue weighted by atomic mass is 10.0. The number of aromatic nitrogens is 1. The van der Waals surface area contributed by atoms with Crippen LogP contribution in [0.2, 0.25) is 5.02 Å². The van der Waals surface area contributed by atoms with E-state index in [1.165, 1.54) is 11.1 Å². The molecule has 3 heteroatoms. The lowest BCUT2D eigenvalue weighted by Crippen LogP contribution is -1.87. The summed E-state index contributed by atoms with van der Waals surface area (Å²) in [6.07, 6.45) is 3.68. The van der Waals surface area contributed by atoms with E-state index in [9.17, 15) is 0 Å². The Balaban J connectivity index is 2.49. The highest BCUT2D eigenvalue weighted by molar-refractivity contribution is 9.08. The minimum Gasteiger partial charge on any atom is -0.264 e. The molecule has 1 nitrogen and oxygen atoms in total. The van der Waals surface area contributed by atoms with Crippen molar-refractivity contribution >= 4 is 27.5 Å². The Morgan fingerprint density at radius 1 is 1.13 bits per heavy atom. The summed E-state index contributed by atoms with van der Waals surface area (Å²) in [5, 5.41) is 1.56. The maximum Gasteiger partial charge on any atom is 0.0406 e. The lowest BCUT2D eigenvalue weighted by Gasteiger charge is -2.06. The first-order valence-corrected chi connectivity index (χ1v) is 6.06. The first kappa shape index (κ1) is 10.7. The molecule has 1 aromatic carbocycles. The van der Waals surface area contributed by atoms with E-state index in [0.29, 0.717) is 0 Å². The number of hydrogen-bond donors (Lipinski definition) is 0. The van der Waals surface area contributed by atoms with Crippen molar-refractivity contribution in [3.63, 3.8) is 0 Å². The van der Waals surface area contributed by atoms with Gasteiger partial charge in [-0.3, -0.25) is 4.98 Å². The molecule has 0 bridgehead atoms. The van der Waals surface area contributed by atoms with Crippen molar-refractivity contribution in [2.75, 3.05) is 0 Å². The average Bonchev–Trinajstić information content (AvgIpc) is 2.30. The largest absolute Gasteiger partial charge is 0.264 e. The quantitative estimate of drug-likeness (QED) is 0.749. The van der Waals surface area contributed by atoms with Crippen LogP contribution in [-0.4, -0.2) is 4.98 Å². The van der Waals surface area contributed by atoms with Crippen LogP contribution in [0.3, 0.4) is 0 Å². The monoisotopic (exact) mass is 281 g/mol. The minimum atomic E-state index is 0.758. The molecule has 0 aliphatic heterocycles. The third kappa shape index (κ3) is 2.39. The van der Waals surface area contributed by atoms with E-state index in [1.807, 2.05) is 36.5 Å². The predicted molar refractivity (Wildman–Crippen MR) is 67.3 cm³/mol. The second kappa shape index (κ2) is 4.77. The van der Waals surface area contributed by atoms with Crippen molar-refractivity contribution in [3.8, 4) is 11.1 Å². The summed E-state index contributed by atoms with van der Waals surface area (Å²) in [6.45, 7) is 0. The first-order chi connectivity index (χ1) is 7.31. The van der Waals surface area contributed by atoms with Crippen LogP contribution in [0.15, 0.2) is 42.7 Å². The second-order valence-corrected chi connectivity index (χ2v) is 4.17. The zero-order chi connectivity index (χ0) is 10.7. The van der Waals surface area contributed by atoms with E-state index in [4.69, 9.17) is 11.6 Å². The number of hydrogen-bond acceptors (Lipinski definition) is 1. The van der Waals surface area contributed by atoms with Crippen LogP contribution in [0.1, 0.15) is 5.56 Å². The third-order valence-electron chi connectivity index (χ3n) is 2.20. The van der Waals surface area contributed by atoms with Crippen molar-refractivity contribution in [1.82, 2.24) is 4.98 Å². The van der Waals surface area contributed by atoms with Gasteiger partial charge >= 0.3 is 0 Å². The van der Waals surface area contributed by atoms with Crippen LogP contribution in [0.4, 0.5) is 0 Å². The fourth-order valence-corrected chi connectivity index (χ4v) is 2.02. The Hall–Kier alpha value is -0.860. The summed E-state index contributed by atoms with van der Waals surface area (Å²) in [5.41, 5.74) is 3.54. The molecule has 0 N–H and O–H groups in total. The van der Waals surface area contributed by atoms with Crippen LogP contribution < -0.4 is 0 Å². The van der Waals surface area contributed by atoms with Gasteiger partial charge in [-0.05, 0) is 34.9 Å². The maximum atomic E-state index is 5.85. The highest BCUT2D eigenvalue weighted by Gasteiger charge is 2.03. The number of halogens is 2. The summed E-state index contributed by atoms with van der Waals surface area (Å²) in [5.74, 6) is 0. The maximum absolute atomic E-state index is 5.85. The molecule has 15 heavy (non-hydrogen) atoms. The number of pyridine rings is 1. The van der Waals surface area contributed by atoms with E-state index in [-0.39, 0.29) is 0 Å². The summed E-state index contributed by atoms with van der Waals surface area (Å²) < 4.78 is 0. The summed E-state index contributed by atoms with van der Waals surface area (Å²) >= 11 is 9.31. The molecule has 0 spiro atoms. The fourth-order valence-electron chi connectivity index (χ4n) is 1.44. The fraction of sp³-hybridized carbons (Fsp3) is 0.0833. The van der Waals surface area contributed by atoms with Crippen LogP contribution in [-0.2, 0) is 5.33 Å². The predicted octanol–water partition coefficient (Wildman–Crippen LogP) is 4.30. The third-order valence-corrected chi connectivity index (χ3v) is 3.06. The Bertz CT molecular complexity index is 453. The van der Waals surface area contributed by atoms with E-state index in [1.54, 1.807) is 6.20 Å². The van der Waals surface area contributed by atoms with Gasteiger partial charge in [-0.2, -0.15) is 0 Å². The molecule has 0 saturated carbocycles. The highest BCUT2D eigenvalue weighted by Crippen LogP contribution is 2.25. The van der Waals surface area contributed by atoms with Gasteiger partial charge < -0.3 is 0 Å². The van der Waals surface area contributed by atoms with E-state index in [0.717, 1.165) is 15.9 Å². The van der Waals surface area contributed by atoms with Crippen LogP contribution in [0.5, 0.6) is 0 Å². The molecule has 0 aliphatic rings. The summed E-state index contributed by atoms with van der Waals surface area (Å²) in [7, 11) is 0. The number of benzene rings is 1. The molecule has 0 radical (unpaired) electrons. The van der Waals surface area contributed by atoms with Gasteiger partial charge in [-0.1, -0.05) is 39.7 Å². The Morgan fingerprint density at radius 2 is 1.87 bits per heavy atom. The van der Waals surface area contributed by atoms with Gasteiger partial charge in [-0.25, -0.2) is 0 Å². The zero-order valence-corrected chi connectivity index (χ0v) is 10.3. The number of alkyl halides is 1. The molecular formula is C12H9BrClN. The smallest absolute Gasteiger partial charge is 0.0406 e. The van der Waals surface area contributed by atoms with Crippen LogP contribution in [0.25, 0.3) is 11.1 Å². The van der Waals surface area contributed by atoms with Crippen LogP contribution >= 0.6 is 27.5 Å². The van der Waals surface area contributed by atoms with Crippen LogP contribution in [0, 0.1) is 0 Å². The Morgan fingerprint density at radius 3 is 2.53 bits per heavy atom.